The minimum Gasteiger partial charge on any atom is -0.478 e. The molecule has 12 nitrogen and oxygen atoms in total. The molecule has 0 fully saturated rings. The van der Waals surface area contributed by atoms with Crippen molar-refractivity contribution >= 4 is 111 Å². The van der Waals surface area contributed by atoms with Gasteiger partial charge >= 0.3 is 29.8 Å². The molecule has 0 heterocycles. The Morgan fingerprint density at radius 2 is 1.27 bits per heavy atom. The van der Waals surface area contributed by atoms with Gasteiger partial charge in [-0.2, -0.15) is 0 Å². The topological polar surface area (TPSA) is 199 Å². The van der Waals surface area contributed by atoms with Crippen LogP contribution in [0.4, 0.5) is 0 Å². The highest BCUT2D eigenvalue weighted by molar-refractivity contribution is 9.13. The summed E-state index contributed by atoms with van der Waals surface area (Å²) in [4.78, 5) is 88.8. The van der Waals surface area contributed by atoms with Crippen LogP contribution >= 0.6 is 63.7 Å². The Morgan fingerprint density at radius 3 is 1.89 bits per heavy atom. The van der Waals surface area contributed by atoms with Crippen molar-refractivity contribution in [3.8, 4) is 5.75 Å². The van der Waals surface area contributed by atoms with Crippen LogP contribution in [0.3, 0.4) is 0 Å². The molecule has 0 atom stereocenters. The number of rotatable bonds is 9. The van der Waals surface area contributed by atoms with Crippen LogP contribution in [0.1, 0.15) is 84.4 Å². The van der Waals surface area contributed by atoms with E-state index in [1.165, 1.54) is 12.1 Å². The third-order valence-electron chi connectivity index (χ3n) is 8.72. The van der Waals surface area contributed by atoms with E-state index in [9.17, 15) is 48.9 Å². The Labute approximate surface area is 343 Å². The maximum Gasteiger partial charge on any atom is 0.344 e. The number of ether oxygens (including phenoxy) is 2. The SMILES string of the molecule is COC(=O)c1cc(C(=O)c2ccc(C(=O)Oc3c(Br)cc4c(c3Br)CC3=C(Br)C(=O)C(Br)=CC3=C4c3ccccc3C(=O)O)c(C(=O)O)c2)ccc1C(=O)O. The van der Waals surface area contributed by atoms with Gasteiger partial charge in [0.25, 0.3) is 0 Å². The number of carbonyl (C=O) groups excluding carboxylic acids is 4. The van der Waals surface area contributed by atoms with Gasteiger partial charge in [-0.05, 0) is 140 Å². The molecule has 0 radical (unpaired) electrons. The van der Waals surface area contributed by atoms with Crippen LogP contribution in [-0.4, -0.2) is 63.8 Å². The van der Waals surface area contributed by atoms with Gasteiger partial charge in [-0.15, -0.1) is 0 Å². The van der Waals surface area contributed by atoms with Crippen molar-refractivity contribution in [3.05, 3.63) is 157 Å². The summed E-state index contributed by atoms with van der Waals surface area (Å²) in [5.41, 5.74) is 0.892. The molecule has 0 spiro atoms. The molecule has 3 N–H and O–H groups in total. The number of ketones is 2. The summed E-state index contributed by atoms with van der Waals surface area (Å²) in [6, 6.07) is 14.4. The lowest BCUT2D eigenvalue weighted by molar-refractivity contribution is -0.111. The molecule has 0 saturated heterocycles. The van der Waals surface area contributed by atoms with E-state index in [1.54, 1.807) is 30.3 Å². The Bertz CT molecular complexity index is 2580. The number of Topliss-reactive ketones (excluding diaryl/α,β-unsaturated/α-hetero) is 1. The molecule has 0 aliphatic heterocycles. The number of allylic oxidation sites excluding steroid dienone is 5. The molecular weight excluding hydrogens is 980 g/mol. The number of aromatic carboxylic acids is 3. The number of hydrogen-bond acceptors (Lipinski definition) is 9. The Hall–Kier alpha value is -5.29. The fourth-order valence-corrected chi connectivity index (χ4v) is 8.85. The van der Waals surface area contributed by atoms with E-state index >= 15 is 0 Å². The van der Waals surface area contributed by atoms with Crippen molar-refractivity contribution in [3.63, 3.8) is 0 Å². The summed E-state index contributed by atoms with van der Waals surface area (Å²) < 4.78 is 11.4. The molecule has 0 unspecified atom stereocenters. The van der Waals surface area contributed by atoms with E-state index in [4.69, 9.17) is 4.74 Å². The third kappa shape index (κ3) is 7.17. The first-order chi connectivity index (χ1) is 26.0. The van der Waals surface area contributed by atoms with Gasteiger partial charge < -0.3 is 24.8 Å². The molecule has 4 aromatic carbocycles. The van der Waals surface area contributed by atoms with Gasteiger partial charge in [-0.1, -0.05) is 30.3 Å². The van der Waals surface area contributed by atoms with E-state index in [1.807, 2.05) is 0 Å². The van der Waals surface area contributed by atoms with Crippen molar-refractivity contribution < 1.29 is 58.4 Å². The summed E-state index contributed by atoms with van der Waals surface area (Å²) in [6.45, 7) is 0. The maximum atomic E-state index is 13.7. The van der Waals surface area contributed by atoms with Crippen molar-refractivity contribution in [2.75, 3.05) is 7.11 Å². The highest BCUT2D eigenvalue weighted by atomic mass is 79.9. The first-order valence-corrected chi connectivity index (χ1v) is 18.7. The van der Waals surface area contributed by atoms with Crippen LogP contribution in [0.25, 0.3) is 5.57 Å². The molecule has 0 bridgehead atoms. The van der Waals surface area contributed by atoms with Crippen LogP contribution in [0, 0.1) is 0 Å². The molecule has 55 heavy (non-hydrogen) atoms. The van der Waals surface area contributed by atoms with Crippen LogP contribution in [0.15, 0.2) is 102 Å². The number of carbonyl (C=O) groups is 7. The average molecular weight is 1000 g/mol. The Kier molecular flexibility index (Phi) is 11.1. The third-order valence-corrected chi connectivity index (χ3v) is 11.6. The number of fused-ring (bicyclic) bond motifs is 2. The molecule has 0 amide bonds. The standard InChI is InChI=1S/C39H20Br4O12/c1-54-38(52)26-11-16(6-8-19(26)36(48)49)32(44)15-7-9-20(25(10-15)37(50)51)39(53)55-34-28(41)14-22-24(31(34)43)12-23-21(13-27(40)33(45)30(23)42)29(22)17-4-2-3-5-18(17)35(46)47/h2-11,13-14H,12H2,1H3,(H,46,47)(H,48,49)(H,50,51). The van der Waals surface area contributed by atoms with Crippen molar-refractivity contribution in [1.29, 1.82) is 0 Å². The predicted molar refractivity (Wildman–Crippen MR) is 209 cm³/mol. The van der Waals surface area contributed by atoms with Crippen LogP contribution in [0.5, 0.6) is 5.75 Å². The van der Waals surface area contributed by atoms with Crippen LogP contribution in [-0.2, 0) is 16.0 Å². The zero-order valence-corrected chi connectivity index (χ0v) is 34.0. The monoisotopic (exact) mass is 996 g/mol. The van der Waals surface area contributed by atoms with Gasteiger partial charge in [0.2, 0.25) is 5.78 Å². The Balaban J connectivity index is 1.42. The largest absolute Gasteiger partial charge is 0.478 e. The zero-order chi connectivity index (χ0) is 40.0. The van der Waals surface area contributed by atoms with E-state index in [0.717, 1.165) is 37.4 Å². The molecule has 4 aromatic rings. The molecule has 0 saturated carbocycles. The highest BCUT2D eigenvalue weighted by Gasteiger charge is 2.35. The minimum absolute atomic E-state index is 0.00167. The van der Waals surface area contributed by atoms with E-state index in [0.29, 0.717) is 33.4 Å². The Morgan fingerprint density at radius 1 is 0.673 bits per heavy atom. The van der Waals surface area contributed by atoms with Gasteiger partial charge in [-0.3, -0.25) is 9.59 Å². The second kappa shape index (κ2) is 15.5. The number of carboxylic acids is 3. The first kappa shape index (κ1) is 39.4. The van der Waals surface area contributed by atoms with E-state index in [2.05, 4.69) is 68.5 Å². The minimum atomic E-state index is -1.57. The summed E-state index contributed by atoms with van der Waals surface area (Å²) in [5, 5.41) is 29.6. The zero-order valence-electron chi connectivity index (χ0n) is 27.7. The van der Waals surface area contributed by atoms with E-state index in [-0.39, 0.29) is 52.6 Å². The molecule has 276 valence electrons. The predicted octanol–water partition coefficient (Wildman–Crippen LogP) is 8.41. The van der Waals surface area contributed by atoms with Gasteiger partial charge in [0.05, 0.1) is 52.8 Å². The molecule has 0 aromatic heterocycles. The molecule has 2 aliphatic rings. The summed E-state index contributed by atoms with van der Waals surface area (Å²) in [6.07, 6.45) is 1.76. The van der Waals surface area contributed by atoms with Gasteiger partial charge in [0.1, 0.15) is 0 Å². The highest BCUT2D eigenvalue weighted by Crippen LogP contribution is 2.51. The number of hydrogen-bond donors (Lipinski definition) is 3. The quantitative estimate of drug-likeness (QED) is 0.0824. The second-order valence-electron chi connectivity index (χ2n) is 11.8. The number of esters is 2. The van der Waals surface area contributed by atoms with Gasteiger partial charge in [0.15, 0.2) is 11.5 Å². The maximum absolute atomic E-state index is 13.7. The summed E-state index contributed by atoms with van der Waals surface area (Å²) in [5.74, 6) is -7.47. The molecule has 16 heteroatoms. The fourth-order valence-electron chi connectivity index (χ4n) is 6.17. The first-order valence-electron chi connectivity index (χ1n) is 15.5. The molecule has 2 aliphatic carbocycles. The second-order valence-corrected chi connectivity index (χ2v) is 15.1. The smallest absolute Gasteiger partial charge is 0.344 e. The lowest BCUT2D eigenvalue weighted by Crippen LogP contribution is -2.19. The normalized spacial score (nSPS) is 13.4. The fraction of sp³-hybridized carbons (Fsp3) is 0.0513. The van der Waals surface area contributed by atoms with Crippen LogP contribution in [0.2, 0.25) is 0 Å². The van der Waals surface area contributed by atoms with Crippen molar-refractivity contribution in [2.24, 2.45) is 0 Å². The number of methoxy groups -OCH3 is 1. The summed E-state index contributed by atoms with van der Waals surface area (Å²) in [7, 11) is 1.04. The van der Waals surface area contributed by atoms with Crippen molar-refractivity contribution in [1.82, 2.24) is 0 Å². The molecular formula is C39H20Br4O12. The summed E-state index contributed by atoms with van der Waals surface area (Å²) >= 11 is 13.7. The van der Waals surface area contributed by atoms with Gasteiger partial charge in [0, 0.05) is 17.5 Å². The average Bonchev–Trinajstić information content (AvgIpc) is 3.16. The lowest BCUT2D eigenvalue weighted by Gasteiger charge is -2.30. The van der Waals surface area contributed by atoms with Gasteiger partial charge in [-0.25, -0.2) is 24.0 Å². The number of halogens is 4. The lowest BCUT2D eigenvalue weighted by atomic mass is 9.76. The van der Waals surface area contributed by atoms with E-state index < -0.39 is 57.9 Å². The van der Waals surface area contributed by atoms with Crippen molar-refractivity contribution in [2.45, 2.75) is 6.42 Å². The van der Waals surface area contributed by atoms with Crippen LogP contribution < -0.4 is 4.74 Å². The molecule has 6 rings (SSSR count). The number of carboxylic acid groups (broad SMARTS) is 3. The number of benzene rings is 4.